The average Bonchev–Trinajstić information content (AvgIpc) is 2.71. The quantitative estimate of drug-likeness (QED) is 0.634. The molecule has 0 unspecified atom stereocenters. The highest BCUT2D eigenvalue weighted by molar-refractivity contribution is 5.28. The van der Waals surface area contributed by atoms with Crippen LogP contribution in [0.3, 0.4) is 0 Å². The Morgan fingerprint density at radius 1 is 1.15 bits per heavy atom. The normalized spacial score (nSPS) is 18.7. The molecule has 1 aliphatic carbocycles. The minimum Gasteiger partial charge on any atom is -0.383 e. The van der Waals surface area contributed by atoms with Crippen molar-refractivity contribution in [3.63, 3.8) is 0 Å². The van der Waals surface area contributed by atoms with Gasteiger partial charge in [0.2, 0.25) is 0 Å². The van der Waals surface area contributed by atoms with Gasteiger partial charge in [0.05, 0.1) is 6.61 Å². The van der Waals surface area contributed by atoms with Crippen molar-refractivity contribution in [2.45, 2.75) is 43.9 Å². The first-order chi connectivity index (χ1) is 9.78. The Labute approximate surface area is 121 Å². The number of hydrogen-bond acceptors (Lipinski definition) is 2. The number of methoxy groups -OCH3 is 1. The molecule has 1 fully saturated rings. The Balaban J connectivity index is 2.16. The van der Waals surface area contributed by atoms with Crippen molar-refractivity contribution in [3.05, 3.63) is 35.6 Å². The van der Waals surface area contributed by atoms with E-state index < -0.39 is 0 Å². The molecule has 0 bridgehead atoms. The summed E-state index contributed by atoms with van der Waals surface area (Å²) in [5.74, 6) is -0.0528. The Hall–Kier alpha value is -0.930. The lowest BCUT2D eigenvalue weighted by Crippen LogP contribution is -2.39. The van der Waals surface area contributed by atoms with Crippen LogP contribution >= 0.6 is 0 Å². The third-order valence-corrected chi connectivity index (χ3v) is 4.45. The van der Waals surface area contributed by atoms with E-state index in [2.05, 4.69) is 5.32 Å². The Morgan fingerprint density at radius 2 is 1.85 bits per heavy atom. The van der Waals surface area contributed by atoms with E-state index in [0.29, 0.717) is 6.61 Å². The van der Waals surface area contributed by atoms with Gasteiger partial charge in [0.1, 0.15) is 5.82 Å². The molecule has 0 aromatic heterocycles. The van der Waals surface area contributed by atoms with Crippen molar-refractivity contribution in [1.82, 2.24) is 5.32 Å². The largest absolute Gasteiger partial charge is 0.383 e. The van der Waals surface area contributed by atoms with Gasteiger partial charge in [-0.25, -0.2) is 4.39 Å². The van der Waals surface area contributed by atoms with E-state index in [-0.39, 0.29) is 11.2 Å². The second-order valence-corrected chi connectivity index (χ2v) is 5.84. The van der Waals surface area contributed by atoms with Crippen molar-refractivity contribution in [2.24, 2.45) is 0 Å². The minimum absolute atomic E-state index is 0.0460. The molecule has 1 aromatic rings. The summed E-state index contributed by atoms with van der Waals surface area (Å²) >= 11 is 0. The van der Waals surface area contributed by atoms with E-state index in [1.54, 1.807) is 19.2 Å². The van der Waals surface area contributed by atoms with Crippen molar-refractivity contribution in [2.75, 3.05) is 26.8 Å². The number of halogens is 1. The predicted octanol–water partition coefficient (Wildman–Crippen LogP) is 3.65. The van der Waals surface area contributed by atoms with Crippen molar-refractivity contribution < 1.29 is 9.13 Å². The predicted molar refractivity (Wildman–Crippen MR) is 80.5 cm³/mol. The Morgan fingerprint density at radius 3 is 2.50 bits per heavy atom. The molecule has 3 heteroatoms. The SMILES string of the molecule is COCCNCC1(c2ccccc2F)CCCCCC1. The molecule has 0 aliphatic heterocycles. The first-order valence-electron chi connectivity index (χ1n) is 7.73. The van der Waals surface area contributed by atoms with Crippen LogP contribution in [0.1, 0.15) is 44.1 Å². The van der Waals surface area contributed by atoms with Crippen molar-refractivity contribution >= 4 is 0 Å². The summed E-state index contributed by atoms with van der Waals surface area (Å²) in [7, 11) is 1.71. The summed E-state index contributed by atoms with van der Waals surface area (Å²) < 4.78 is 19.4. The van der Waals surface area contributed by atoms with Crippen LogP contribution < -0.4 is 5.32 Å². The van der Waals surface area contributed by atoms with Crippen LogP contribution in [0.4, 0.5) is 4.39 Å². The maximum Gasteiger partial charge on any atom is 0.127 e. The monoisotopic (exact) mass is 279 g/mol. The van der Waals surface area contributed by atoms with E-state index in [1.807, 2.05) is 12.1 Å². The fourth-order valence-corrected chi connectivity index (χ4v) is 3.34. The zero-order chi connectivity index (χ0) is 14.3. The smallest absolute Gasteiger partial charge is 0.127 e. The maximum absolute atomic E-state index is 14.3. The molecule has 2 nitrogen and oxygen atoms in total. The second kappa shape index (κ2) is 7.75. The molecule has 1 N–H and O–H groups in total. The van der Waals surface area contributed by atoms with E-state index >= 15 is 0 Å². The van der Waals surface area contributed by atoms with Gasteiger partial charge in [0, 0.05) is 25.6 Å². The average molecular weight is 279 g/mol. The third kappa shape index (κ3) is 3.80. The van der Waals surface area contributed by atoms with Crippen LogP contribution in [0.15, 0.2) is 24.3 Å². The van der Waals surface area contributed by atoms with E-state index in [4.69, 9.17) is 4.74 Å². The number of rotatable bonds is 6. The van der Waals surface area contributed by atoms with Gasteiger partial charge >= 0.3 is 0 Å². The van der Waals surface area contributed by atoms with Crippen LogP contribution in [0.2, 0.25) is 0 Å². The van der Waals surface area contributed by atoms with Crippen molar-refractivity contribution in [1.29, 1.82) is 0 Å². The van der Waals surface area contributed by atoms with Gasteiger partial charge in [-0.3, -0.25) is 0 Å². The molecule has 1 saturated carbocycles. The van der Waals surface area contributed by atoms with E-state index in [1.165, 1.54) is 25.7 Å². The lowest BCUT2D eigenvalue weighted by Gasteiger charge is -2.34. The topological polar surface area (TPSA) is 21.3 Å². The van der Waals surface area contributed by atoms with Crippen LogP contribution in [0.5, 0.6) is 0 Å². The van der Waals surface area contributed by atoms with Gasteiger partial charge in [-0.05, 0) is 24.5 Å². The molecule has 0 spiro atoms. The fourth-order valence-electron chi connectivity index (χ4n) is 3.34. The molecule has 0 heterocycles. The van der Waals surface area contributed by atoms with Crippen LogP contribution in [-0.4, -0.2) is 26.8 Å². The first-order valence-corrected chi connectivity index (χ1v) is 7.73. The van der Waals surface area contributed by atoms with Gasteiger partial charge in [-0.15, -0.1) is 0 Å². The lowest BCUT2D eigenvalue weighted by molar-refractivity contribution is 0.195. The molecule has 0 saturated heterocycles. The van der Waals surface area contributed by atoms with Gasteiger partial charge in [-0.1, -0.05) is 43.9 Å². The molecular formula is C17H26FNO. The molecule has 0 radical (unpaired) electrons. The Kier molecular flexibility index (Phi) is 5.99. The maximum atomic E-state index is 14.3. The van der Waals surface area contributed by atoms with Crippen LogP contribution in [-0.2, 0) is 10.2 Å². The number of benzene rings is 1. The Bertz CT molecular complexity index is 400. The van der Waals surface area contributed by atoms with Gasteiger partial charge in [0.25, 0.3) is 0 Å². The molecule has 20 heavy (non-hydrogen) atoms. The lowest BCUT2D eigenvalue weighted by atomic mass is 9.74. The highest BCUT2D eigenvalue weighted by atomic mass is 19.1. The number of hydrogen-bond donors (Lipinski definition) is 1. The first kappa shape index (κ1) is 15.5. The third-order valence-electron chi connectivity index (χ3n) is 4.45. The highest BCUT2D eigenvalue weighted by Gasteiger charge is 2.34. The summed E-state index contributed by atoms with van der Waals surface area (Å²) in [6.45, 7) is 2.37. The summed E-state index contributed by atoms with van der Waals surface area (Å²) in [6.07, 6.45) is 7.09. The summed E-state index contributed by atoms with van der Waals surface area (Å²) in [5, 5.41) is 3.46. The highest BCUT2D eigenvalue weighted by Crippen LogP contribution is 2.39. The van der Waals surface area contributed by atoms with Gasteiger partial charge < -0.3 is 10.1 Å². The molecule has 112 valence electrons. The fraction of sp³-hybridized carbons (Fsp3) is 0.647. The second-order valence-electron chi connectivity index (χ2n) is 5.84. The van der Waals surface area contributed by atoms with E-state index in [9.17, 15) is 4.39 Å². The molecular weight excluding hydrogens is 253 g/mol. The van der Waals surface area contributed by atoms with Crippen LogP contribution in [0, 0.1) is 5.82 Å². The molecule has 0 atom stereocenters. The molecule has 2 rings (SSSR count). The zero-order valence-electron chi connectivity index (χ0n) is 12.5. The molecule has 1 aromatic carbocycles. The summed E-state index contributed by atoms with van der Waals surface area (Å²) in [6, 6.07) is 7.30. The van der Waals surface area contributed by atoms with Gasteiger partial charge in [0.15, 0.2) is 0 Å². The summed E-state index contributed by atoms with van der Waals surface area (Å²) in [4.78, 5) is 0. The van der Waals surface area contributed by atoms with E-state index in [0.717, 1.165) is 31.5 Å². The molecule has 0 amide bonds. The van der Waals surface area contributed by atoms with Gasteiger partial charge in [-0.2, -0.15) is 0 Å². The number of ether oxygens (including phenoxy) is 1. The zero-order valence-corrected chi connectivity index (χ0v) is 12.5. The van der Waals surface area contributed by atoms with Crippen molar-refractivity contribution in [3.8, 4) is 0 Å². The standard InChI is InChI=1S/C17H26FNO/c1-20-13-12-19-14-17(10-6-2-3-7-11-17)15-8-4-5-9-16(15)18/h4-5,8-9,19H,2-3,6-7,10-14H2,1H3. The molecule has 1 aliphatic rings. The minimum atomic E-state index is -0.0528. The van der Waals surface area contributed by atoms with Crippen LogP contribution in [0.25, 0.3) is 0 Å². The summed E-state index contributed by atoms with van der Waals surface area (Å²) in [5.41, 5.74) is 0.849. The number of nitrogens with one attached hydrogen (secondary N) is 1.